The summed E-state index contributed by atoms with van der Waals surface area (Å²) in [6.07, 6.45) is 5.85. The van der Waals surface area contributed by atoms with Gasteiger partial charge in [0.25, 0.3) is 0 Å². The zero-order valence-electron chi connectivity index (χ0n) is 11.7. The van der Waals surface area contributed by atoms with Crippen LogP contribution in [0.5, 0.6) is 11.5 Å². The van der Waals surface area contributed by atoms with Crippen LogP contribution in [0.3, 0.4) is 0 Å². The first-order valence-corrected chi connectivity index (χ1v) is 7.35. The SMILES string of the molecule is c1cnc(N2CCC[C@@H]2c2ccc3c(c2)OCCO3)nc1. The molecule has 1 atom stereocenters. The standard InChI is InChI=1S/C16H17N3O2/c1-3-13(19(8-1)16-17-6-2-7-18-16)12-4-5-14-15(11-12)21-10-9-20-14/h2,4-7,11,13H,1,3,8-10H2/t13-/m1/s1. The van der Waals surface area contributed by atoms with Crippen molar-refractivity contribution in [3.63, 3.8) is 0 Å². The second-order valence-electron chi connectivity index (χ2n) is 5.30. The maximum absolute atomic E-state index is 5.69. The summed E-state index contributed by atoms with van der Waals surface area (Å²) >= 11 is 0. The van der Waals surface area contributed by atoms with Crippen molar-refractivity contribution < 1.29 is 9.47 Å². The molecule has 0 N–H and O–H groups in total. The molecule has 108 valence electrons. The number of hydrogen-bond donors (Lipinski definition) is 0. The summed E-state index contributed by atoms with van der Waals surface area (Å²) in [6, 6.07) is 8.38. The van der Waals surface area contributed by atoms with Gasteiger partial charge in [0.05, 0.1) is 6.04 Å². The van der Waals surface area contributed by atoms with E-state index in [1.165, 1.54) is 5.56 Å². The second kappa shape index (κ2) is 5.24. The van der Waals surface area contributed by atoms with Crippen LogP contribution in [0.4, 0.5) is 5.95 Å². The molecule has 2 aromatic rings. The van der Waals surface area contributed by atoms with Crippen molar-refractivity contribution in [2.24, 2.45) is 0 Å². The van der Waals surface area contributed by atoms with E-state index in [0.717, 1.165) is 36.8 Å². The molecule has 0 unspecified atom stereocenters. The lowest BCUT2D eigenvalue weighted by molar-refractivity contribution is 0.171. The lowest BCUT2D eigenvalue weighted by atomic mass is 10.0. The summed E-state index contributed by atoms with van der Waals surface area (Å²) in [5.41, 5.74) is 1.24. The molecule has 5 nitrogen and oxygen atoms in total. The predicted molar refractivity (Wildman–Crippen MR) is 78.8 cm³/mol. The minimum atomic E-state index is 0.309. The molecular weight excluding hydrogens is 266 g/mol. The molecule has 1 saturated heterocycles. The van der Waals surface area contributed by atoms with Crippen molar-refractivity contribution in [3.05, 3.63) is 42.2 Å². The van der Waals surface area contributed by atoms with E-state index >= 15 is 0 Å². The van der Waals surface area contributed by atoms with Crippen LogP contribution in [0.1, 0.15) is 24.4 Å². The van der Waals surface area contributed by atoms with Gasteiger partial charge in [-0.05, 0) is 36.6 Å². The minimum absolute atomic E-state index is 0.309. The van der Waals surface area contributed by atoms with Gasteiger partial charge in [-0.3, -0.25) is 0 Å². The molecule has 21 heavy (non-hydrogen) atoms. The van der Waals surface area contributed by atoms with Crippen molar-refractivity contribution in [3.8, 4) is 11.5 Å². The average Bonchev–Trinajstić information content (AvgIpc) is 3.05. The highest BCUT2D eigenvalue weighted by Crippen LogP contribution is 2.39. The number of hydrogen-bond acceptors (Lipinski definition) is 5. The lowest BCUT2D eigenvalue weighted by Crippen LogP contribution is -2.24. The Morgan fingerprint density at radius 1 is 1.05 bits per heavy atom. The van der Waals surface area contributed by atoms with Crippen LogP contribution in [0.15, 0.2) is 36.7 Å². The van der Waals surface area contributed by atoms with Crippen LogP contribution >= 0.6 is 0 Å². The number of benzene rings is 1. The first-order valence-electron chi connectivity index (χ1n) is 7.35. The molecular formula is C16H17N3O2. The highest BCUT2D eigenvalue weighted by atomic mass is 16.6. The fraction of sp³-hybridized carbons (Fsp3) is 0.375. The Labute approximate surface area is 123 Å². The van der Waals surface area contributed by atoms with Gasteiger partial charge in [0.15, 0.2) is 11.5 Å². The third-order valence-corrected chi connectivity index (χ3v) is 4.01. The van der Waals surface area contributed by atoms with Crippen LogP contribution in [0.25, 0.3) is 0 Å². The van der Waals surface area contributed by atoms with E-state index in [1.807, 2.05) is 12.1 Å². The fourth-order valence-electron chi connectivity index (χ4n) is 3.06. The first kappa shape index (κ1) is 12.4. The Kier molecular flexibility index (Phi) is 3.10. The lowest BCUT2D eigenvalue weighted by Gasteiger charge is -2.26. The van der Waals surface area contributed by atoms with E-state index in [-0.39, 0.29) is 0 Å². The third kappa shape index (κ3) is 2.28. The van der Waals surface area contributed by atoms with Crippen LogP contribution < -0.4 is 14.4 Å². The van der Waals surface area contributed by atoms with E-state index in [9.17, 15) is 0 Å². The van der Waals surface area contributed by atoms with E-state index in [1.54, 1.807) is 12.4 Å². The molecule has 3 heterocycles. The number of fused-ring (bicyclic) bond motifs is 1. The van der Waals surface area contributed by atoms with Crippen molar-refractivity contribution in [1.82, 2.24) is 9.97 Å². The molecule has 1 fully saturated rings. The highest BCUT2D eigenvalue weighted by molar-refractivity contribution is 5.47. The number of anilines is 1. The molecule has 0 radical (unpaired) electrons. The Morgan fingerprint density at radius 2 is 1.86 bits per heavy atom. The Bertz CT molecular complexity index is 633. The summed E-state index contributed by atoms with van der Waals surface area (Å²) in [7, 11) is 0. The molecule has 2 aliphatic heterocycles. The largest absolute Gasteiger partial charge is 0.486 e. The fourth-order valence-corrected chi connectivity index (χ4v) is 3.06. The minimum Gasteiger partial charge on any atom is -0.486 e. The zero-order chi connectivity index (χ0) is 14.1. The van der Waals surface area contributed by atoms with Gasteiger partial charge < -0.3 is 14.4 Å². The molecule has 0 saturated carbocycles. The van der Waals surface area contributed by atoms with Gasteiger partial charge in [-0.1, -0.05) is 6.07 Å². The maximum atomic E-state index is 5.69. The van der Waals surface area contributed by atoms with Crippen molar-refractivity contribution in [2.75, 3.05) is 24.7 Å². The number of rotatable bonds is 2. The van der Waals surface area contributed by atoms with E-state index in [0.29, 0.717) is 19.3 Å². The first-order chi connectivity index (χ1) is 10.4. The summed E-state index contributed by atoms with van der Waals surface area (Å²) in [6.45, 7) is 2.23. The summed E-state index contributed by atoms with van der Waals surface area (Å²) in [5.74, 6) is 2.49. The molecule has 0 amide bonds. The van der Waals surface area contributed by atoms with Gasteiger partial charge in [0.1, 0.15) is 13.2 Å². The molecule has 0 spiro atoms. The van der Waals surface area contributed by atoms with E-state index in [4.69, 9.17) is 9.47 Å². The van der Waals surface area contributed by atoms with Gasteiger partial charge in [0.2, 0.25) is 5.95 Å². The molecule has 1 aromatic carbocycles. The third-order valence-electron chi connectivity index (χ3n) is 4.01. The molecule has 1 aromatic heterocycles. The predicted octanol–water partition coefficient (Wildman–Crippen LogP) is 2.59. The zero-order valence-corrected chi connectivity index (χ0v) is 11.7. The van der Waals surface area contributed by atoms with Gasteiger partial charge >= 0.3 is 0 Å². The second-order valence-corrected chi connectivity index (χ2v) is 5.30. The van der Waals surface area contributed by atoms with Crippen molar-refractivity contribution >= 4 is 5.95 Å². The topological polar surface area (TPSA) is 47.5 Å². The van der Waals surface area contributed by atoms with Crippen LogP contribution in [0, 0.1) is 0 Å². The smallest absolute Gasteiger partial charge is 0.225 e. The molecule has 0 aliphatic carbocycles. The summed E-state index contributed by atoms with van der Waals surface area (Å²) in [5, 5.41) is 0. The molecule has 5 heteroatoms. The van der Waals surface area contributed by atoms with Crippen LogP contribution in [0.2, 0.25) is 0 Å². The monoisotopic (exact) mass is 283 g/mol. The Balaban J connectivity index is 1.66. The van der Waals surface area contributed by atoms with Gasteiger partial charge in [-0.25, -0.2) is 9.97 Å². The Hall–Kier alpha value is -2.30. The molecule has 2 aliphatic rings. The van der Waals surface area contributed by atoms with Gasteiger partial charge in [-0.15, -0.1) is 0 Å². The van der Waals surface area contributed by atoms with Crippen molar-refractivity contribution in [1.29, 1.82) is 0 Å². The quantitative estimate of drug-likeness (QED) is 0.848. The maximum Gasteiger partial charge on any atom is 0.225 e. The van der Waals surface area contributed by atoms with Crippen LogP contribution in [-0.4, -0.2) is 29.7 Å². The van der Waals surface area contributed by atoms with Gasteiger partial charge in [-0.2, -0.15) is 0 Å². The summed E-state index contributed by atoms with van der Waals surface area (Å²) in [4.78, 5) is 11.0. The van der Waals surface area contributed by atoms with Gasteiger partial charge in [0, 0.05) is 18.9 Å². The average molecular weight is 283 g/mol. The van der Waals surface area contributed by atoms with Crippen LogP contribution in [-0.2, 0) is 0 Å². The van der Waals surface area contributed by atoms with E-state index in [2.05, 4.69) is 27.0 Å². The van der Waals surface area contributed by atoms with Crippen molar-refractivity contribution in [2.45, 2.75) is 18.9 Å². The highest BCUT2D eigenvalue weighted by Gasteiger charge is 2.28. The number of ether oxygens (including phenoxy) is 2. The number of aromatic nitrogens is 2. The van der Waals surface area contributed by atoms with E-state index < -0.39 is 0 Å². The normalized spacial score (nSPS) is 20.6. The molecule has 4 rings (SSSR count). The number of nitrogens with zero attached hydrogens (tertiary/aromatic N) is 3. The Morgan fingerprint density at radius 3 is 2.71 bits per heavy atom. The summed E-state index contributed by atoms with van der Waals surface area (Å²) < 4.78 is 11.3. The molecule has 0 bridgehead atoms.